The van der Waals surface area contributed by atoms with Crippen molar-refractivity contribution in [1.82, 2.24) is 0 Å². The molecule has 1 amide bonds. The number of benzene rings is 2. The second-order valence-electron chi connectivity index (χ2n) is 5.39. The van der Waals surface area contributed by atoms with Crippen molar-refractivity contribution in [2.24, 2.45) is 0 Å². The number of carbonyl (C=O) groups excluding carboxylic acids is 1. The average molecular weight is 315 g/mol. The van der Waals surface area contributed by atoms with E-state index in [2.05, 4.69) is 0 Å². The van der Waals surface area contributed by atoms with Gasteiger partial charge in [-0.05, 0) is 31.5 Å². The molecule has 0 aromatic heterocycles. The number of anilines is 1. The van der Waals surface area contributed by atoms with Crippen LogP contribution in [0.25, 0.3) is 0 Å². The Balaban J connectivity index is 2.05. The smallest absolute Gasteiger partial charge is 0.242 e. The van der Waals surface area contributed by atoms with Gasteiger partial charge in [0.25, 0.3) is 0 Å². The number of carbonyl (C=O) groups is 1. The van der Waals surface area contributed by atoms with Crippen LogP contribution in [-0.4, -0.2) is 22.4 Å². The van der Waals surface area contributed by atoms with Gasteiger partial charge in [-0.3, -0.25) is 9.00 Å². The Labute approximate surface area is 134 Å². The molecule has 0 aliphatic heterocycles. The van der Waals surface area contributed by atoms with Gasteiger partial charge in [-0.15, -0.1) is 0 Å². The van der Waals surface area contributed by atoms with Crippen LogP contribution in [0.3, 0.4) is 0 Å². The molecule has 0 fully saturated rings. The first-order valence-electron chi connectivity index (χ1n) is 7.24. The minimum atomic E-state index is -1.24. The SMILES string of the molecule is Cc1cccc(CS(=O)C(C)C(=O)N(C)c2ccccc2)c1. The van der Waals surface area contributed by atoms with Gasteiger partial charge < -0.3 is 4.90 Å². The van der Waals surface area contributed by atoms with Crippen molar-refractivity contribution in [3.05, 3.63) is 65.7 Å². The molecule has 0 aliphatic carbocycles. The number of aryl methyl sites for hydroxylation is 1. The number of para-hydroxylation sites is 1. The molecule has 22 heavy (non-hydrogen) atoms. The standard InChI is InChI=1S/C18H21NO2S/c1-14-8-7-9-16(12-14)13-22(21)15(2)18(20)19(3)17-10-5-4-6-11-17/h4-12,15H,13H2,1-3H3. The number of hydrogen-bond acceptors (Lipinski definition) is 2. The third-order valence-corrected chi connectivity index (χ3v) is 5.22. The van der Waals surface area contributed by atoms with Crippen LogP contribution >= 0.6 is 0 Å². The highest BCUT2D eigenvalue weighted by atomic mass is 32.2. The molecule has 0 radical (unpaired) electrons. The Morgan fingerprint density at radius 3 is 2.45 bits per heavy atom. The van der Waals surface area contributed by atoms with Gasteiger partial charge in [-0.2, -0.15) is 0 Å². The number of nitrogens with zero attached hydrogens (tertiary/aromatic N) is 1. The third kappa shape index (κ3) is 4.04. The molecular weight excluding hydrogens is 294 g/mol. The molecule has 116 valence electrons. The van der Waals surface area contributed by atoms with E-state index in [-0.39, 0.29) is 5.91 Å². The summed E-state index contributed by atoms with van der Waals surface area (Å²) >= 11 is 0. The van der Waals surface area contributed by atoms with Gasteiger partial charge in [-0.1, -0.05) is 48.0 Å². The molecule has 4 heteroatoms. The zero-order chi connectivity index (χ0) is 16.1. The van der Waals surface area contributed by atoms with Crippen molar-refractivity contribution >= 4 is 22.4 Å². The predicted octanol–water partition coefficient (Wildman–Crippen LogP) is 3.30. The Kier molecular flexibility index (Phi) is 5.50. The van der Waals surface area contributed by atoms with E-state index in [0.29, 0.717) is 5.75 Å². The van der Waals surface area contributed by atoms with Gasteiger partial charge >= 0.3 is 0 Å². The largest absolute Gasteiger partial charge is 0.314 e. The summed E-state index contributed by atoms with van der Waals surface area (Å²) in [6.07, 6.45) is 0. The van der Waals surface area contributed by atoms with E-state index >= 15 is 0 Å². The number of amides is 1. The van der Waals surface area contributed by atoms with Crippen molar-refractivity contribution in [1.29, 1.82) is 0 Å². The second kappa shape index (κ2) is 7.36. The highest BCUT2D eigenvalue weighted by Gasteiger charge is 2.24. The highest BCUT2D eigenvalue weighted by Crippen LogP contribution is 2.16. The lowest BCUT2D eigenvalue weighted by atomic mass is 10.2. The van der Waals surface area contributed by atoms with Crippen LogP contribution in [-0.2, 0) is 21.3 Å². The second-order valence-corrected chi connectivity index (χ2v) is 7.15. The van der Waals surface area contributed by atoms with Crippen LogP contribution in [0.1, 0.15) is 18.1 Å². The topological polar surface area (TPSA) is 37.4 Å². The monoisotopic (exact) mass is 315 g/mol. The quantitative estimate of drug-likeness (QED) is 0.849. The molecule has 0 spiro atoms. The summed E-state index contributed by atoms with van der Waals surface area (Å²) < 4.78 is 12.5. The summed E-state index contributed by atoms with van der Waals surface area (Å²) in [7, 11) is 0.481. The van der Waals surface area contributed by atoms with Crippen molar-refractivity contribution in [2.45, 2.75) is 24.9 Å². The zero-order valence-corrected chi connectivity index (χ0v) is 14.0. The van der Waals surface area contributed by atoms with E-state index in [1.54, 1.807) is 18.9 Å². The van der Waals surface area contributed by atoms with Gasteiger partial charge in [0.2, 0.25) is 5.91 Å². The fourth-order valence-corrected chi connectivity index (χ4v) is 3.40. The summed E-state index contributed by atoms with van der Waals surface area (Å²) in [6, 6.07) is 17.3. The molecule has 0 bridgehead atoms. The fraction of sp³-hybridized carbons (Fsp3) is 0.278. The first-order valence-corrected chi connectivity index (χ1v) is 8.62. The minimum absolute atomic E-state index is 0.128. The summed E-state index contributed by atoms with van der Waals surface area (Å²) in [5, 5.41) is -0.536. The van der Waals surface area contributed by atoms with E-state index in [4.69, 9.17) is 0 Å². The Morgan fingerprint density at radius 1 is 1.14 bits per heavy atom. The lowest BCUT2D eigenvalue weighted by Gasteiger charge is -2.21. The fourth-order valence-electron chi connectivity index (χ4n) is 2.26. The number of hydrogen-bond donors (Lipinski definition) is 0. The summed E-state index contributed by atoms with van der Waals surface area (Å²) in [5.74, 6) is 0.272. The van der Waals surface area contributed by atoms with Gasteiger partial charge in [0.15, 0.2) is 0 Å². The van der Waals surface area contributed by atoms with E-state index in [1.165, 1.54) is 0 Å². The van der Waals surface area contributed by atoms with Crippen LogP contribution in [0.4, 0.5) is 5.69 Å². The van der Waals surface area contributed by atoms with Crippen molar-refractivity contribution in [3.8, 4) is 0 Å². The van der Waals surface area contributed by atoms with E-state index in [1.807, 2.05) is 61.5 Å². The predicted molar refractivity (Wildman–Crippen MR) is 92.3 cm³/mol. The van der Waals surface area contributed by atoms with E-state index in [9.17, 15) is 9.00 Å². The Morgan fingerprint density at radius 2 is 1.82 bits per heavy atom. The molecule has 0 saturated heterocycles. The van der Waals surface area contributed by atoms with E-state index < -0.39 is 16.0 Å². The Bertz CT molecular complexity index is 670. The minimum Gasteiger partial charge on any atom is -0.314 e. The molecule has 2 aromatic rings. The molecule has 0 heterocycles. The third-order valence-electron chi connectivity index (χ3n) is 3.61. The molecule has 2 unspecified atom stereocenters. The van der Waals surface area contributed by atoms with Crippen LogP contribution in [0.5, 0.6) is 0 Å². The van der Waals surface area contributed by atoms with Gasteiger partial charge in [-0.25, -0.2) is 0 Å². The van der Waals surface area contributed by atoms with Crippen LogP contribution in [0, 0.1) is 6.92 Å². The molecule has 2 rings (SSSR count). The lowest BCUT2D eigenvalue weighted by Crippen LogP contribution is -2.37. The van der Waals surface area contributed by atoms with E-state index in [0.717, 1.165) is 16.8 Å². The maximum atomic E-state index is 12.5. The first-order chi connectivity index (χ1) is 10.5. The summed E-state index contributed by atoms with van der Waals surface area (Å²) in [4.78, 5) is 14.0. The molecular formula is C18H21NO2S. The van der Waals surface area contributed by atoms with Crippen LogP contribution < -0.4 is 4.90 Å². The van der Waals surface area contributed by atoms with Crippen molar-refractivity contribution in [2.75, 3.05) is 11.9 Å². The summed E-state index contributed by atoms with van der Waals surface area (Å²) in [5.41, 5.74) is 2.95. The van der Waals surface area contributed by atoms with Crippen molar-refractivity contribution in [3.63, 3.8) is 0 Å². The molecule has 3 nitrogen and oxygen atoms in total. The van der Waals surface area contributed by atoms with Gasteiger partial charge in [0.05, 0.1) is 0 Å². The zero-order valence-electron chi connectivity index (χ0n) is 13.2. The van der Waals surface area contributed by atoms with Crippen LogP contribution in [0.2, 0.25) is 0 Å². The average Bonchev–Trinajstić information content (AvgIpc) is 2.53. The first kappa shape index (κ1) is 16.4. The normalized spacial score (nSPS) is 13.4. The molecule has 2 aromatic carbocycles. The lowest BCUT2D eigenvalue weighted by molar-refractivity contribution is -0.117. The van der Waals surface area contributed by atoms with Crippen molar-refractivity contribution < 1.29 is 9.00 Å². The molecule has 2 atom stereocenters. The highest BCUT2D eigenvalue weighted by molar-refractivity contribution is 7.85. The maximum absolute atomic E-state index is 12.5. The van der Waals surface area contributed by atoms with Crippen LogP contribution in [0.15, 0.2) is 54.6 Å². The molecule has 0 saturated carbocycles. The maximum Gasteiger partial charge on any atom is 0.242 e. The number of rotatable bonds is 5. The molecule has 0 aliphatic rings. The summed E-state index contributed by atoms with van der Waals surface area (Å²) in [6.45, 7) is 3.73. The van der Waals surface area contributed by atoms with Gasteiger partial charge in [0, 0.05) is 29.3 Å². The molecule has 0 N–H and O–H groups in total. The van der Waals surface area contributed by atoms with Gasteiger partial charge in [0.1, 0.15) is 5.25 Å². The Hall–Kier alpha value is -1.94.